The van der Waals surface area contributed by atoms with Crippen LogP contribution in [0.4, 0.5) is 37.7 Å². The quantitative estimate of drug-likeness (QED) is 0.185. The summed E-state index contributed by atoms with van der Waals surface area (Å²) >= 11 is 0. The Labute approximate surface area is 169 Å². The second kappa shape index (κ2) is 9.84. The van der Waals surface area contributed by atoms with E-state index >= 15 is 0 Å². The number of halogens is 6. The Morgan fingerprint density at radius 3 is 1.39 bits per heavy atom. The Balaban J connectivity index is 2.06. The molecule has 0 unspecified atom stereocenters. The van der Waals surface area contributed by atoms with Crippen molar-refractivity contribution in [2.75, 3.05) is 13.2 Å². The predicted molar refractivity (Wildman–Crippen MR) is 94.8 cm³/mol. The minimum absolute atomic E-state index is 0.281. The highest BCUT2D eigenvalue weighted by Gasteiger charge is 2.27. The first-order valence-corrected chi connectivity index (χ1v) is 8.10. The molecule has 0 amide bonds. The van der Waals surface area contributed by atoms with Gasteiger partial charge in [-0.2, -0.15) is 8.78 Å². The molecule has 0 saturated carbocycles. The maximum absolute atomic E-state index is 13.5. The van der Waals surface area contributed by atoms with Crippen LogP contribution in [0.3, 0.4) is 0 Å². The fraction of sp³-hybridized carbons (Fsp3) is 0.111. The molecule has 0 saturated heterocycles. The second-order valence-electron chi connectivity index (χ2n) is 5.70. The summed E-state index contributed by atoms with van der Waals surface area (Å²) in [5, 5.41) is 21.7. The molecule has 0 heterocycles. The van der Waals surface area contributed by atoms with Crippen LogP contribution in [0.25, 0.3) is 12.2 Å². The van der Waals surface area contributed by atoms with E-state index in [0.29, 0.717) is 12.1 Å². The second-order valence-corrected chi connectivity index (χ2v) is 5.70. The van der Waals surface area contributed by atoms with Crippen LogP contribution in [-0.2, 0) is 4.74 Å². The van der Waals surface area contributed by atoms with E-state index in [0.717, 1.165) is 24.3 Å². The average molecular weight is 448 g/mol. The van der Waals surface area contributed by atoms with E-state index < -0.39 is 67.3 Å². The molecule has 2 aromatic rings. The zero-order valence-corrected chi connectivity index (χ0v) is 15.1. The molecule has 31 heavy (non-hydrogen) atoms. The van der Waals surface area contributed by atoms with Gasteiger partial charge in [0, 0.05) is 0 Å². The van der Waals surface area contributed by atoms with Crippen LogP contribution in [0.5, 0.6) is 0 Å². The minimum Gasteiger partial charge on any atom is -0.373 e. The van der Waals surface area contributed by atoms with Gasteiger partial charge in [0.15, 0.2) is 11.6 Å². The Kier molecular flexibility index (Phi) is 7.47. The molecule has 2 rings (SSSR count). The monoisotopic (exact) mass is 448 g/mol. The fourth-order valence-electron chi connectivity index (χ4n) is 2.39. The summed E-state index contributed by atoms with van der Waals surface area (Å²) < 4.78 is 84.8. The summed E-state index contributed by atoms with van der Waals surface area (Å²) in [5.74, 6) is -11.2. The summed E-state index contributed by atoms with van der Waals surface area (Å²) in [6.45, 7) is -0.563. The van der Waals surface area contributed by atoms with E-state index in [-0.39, 0.29) is 13.2 Å². The summed E-state index contributed by atoms with van der Waals surface area (Å²) in [5.41, 5.74) is -3.67. The molecule has 0 bridgehead atoms. The van der Waals surface area contributed by atoms with Crippen molar-refractivity contribution in [2.45, 2.75) is 0 Å². The van der Waals surface area contributed by atoms with E-state index in [4.69, 9.17) is 4.74 Å². The predicted octanol–water partition coefficient (Wildman–Crippen LogP) is 5.08. The van der Waals surface area contributed by atoms with E-state index in [2.05, 4.69) is 0 Å². The lowest BCUT2D eigenvalue weighted by molar-refractivity contribution is -0.388. The number of hydrogen-bond donors (Lipinski definition) is 0. The van der Waals surface area contributed by atoms with Crippen molar-refractivity contribution in [1.82, 2.24) is 0 Å². The Bertz CT molecular complexity index is 1020. The van der Waals surface area contributed by atoms with E-state index in [1.165, 1.54) is 0 Å². The molecule has 7 nitrogen and oxygen atoms in total. The number of ether oxygens (including phenoxy) is 1. The molecular weight excluding hydrogens is 438 g/mol. The van der Waals surface area contributed by atoms with Crippen LogP contribution in [0, 0.1) is 55.1 Å². The molecule has 0 fully saturated rings. The topological polar surface area (TPSA) is 95.5 Å². The van der Waals surface area contributed by atoms with Crippen LogP contribution < -0.4 is 0 Å². The van der Waals surface area contributed by atoms with Crippen LogP contribution >= 0.6 is 0 Å². The third-order valence-electron chi connectivity index (χ3n) is 3.72. The van der Waals surface area contributed by atoms with Gasteiger partial charge in [0.1, 0.15) is 0 Å². The third kappa shape index (κ3) is 5.25. The lowest BCUT2D eigenvalue weighted by Crippen LogP contribution is -2.02. The molecule has 0 aliphatic heterocycles. The fourth-order valence-corrected chi connectivity index (χ4v) is 2.39. The van der Waals surface area contributed by atoms with Gasteiger partial charge in [0.05, 0.1) is 34.2 Å². The van der Waals surface area contributed by atoms with Crippen molar-refractivity contribution in [3.8, 4) is 0 Å². The van der Waals surface area contributed by atoms with E-state index in [9.17, 15) is 46.6 Å². The van der Waals surface area contributed by atoms with Gasteiger partial charge in [-0.3, -0.25) is 20.2 Å². The average Bonchev–Trinajstić information content (AvgIpc) is 2.68. The Morgan fingerprint density at radius 2 is 1.06 bits per heavy atom. The Hall–Kier alpha value is -3.74. The molecule has 0 atom stereocenters. The lowest BCUT2D eigenvalue weighted by atomic mass is 10.1. The number of rotatable bonds is 8. The van der Waals surface area contributed by atoms with Crippen LogP contribution in [0.15, 0.2) is 24.3 Å². The molecule has 2 aromatic carbocycles. The molecule has 0 aliphatic carbocycles. The van der Waals surface area contributed by atoms with Crippen molar-refractivity contribution in [3.05, 3.63) is 90.5 Å². The highest BCUT2D eigenvalue weighted by atomic mass is 19.2. The van der Waals surface area contributed by atoms with Gasteiger partial charge in [-0.05, 0) is 24.3 Å². The van der Waals surface area contributed by atoms with Crippen molar-refractivity contribution >= 4 is 23.5 Å². The van der Waals surface area contributed by atoms with Crippen molar-refractivity contribution in [3.63, 3.8) is 0 Å². The largest absolute Gasteiger partial charge is 0.373 e. The van der Waals surface area contributed by atoms with Crippen molar-refractivity contribution in [2.24, 2.45) is 0 Å². The van der Waals surface area contributed by atoms with Gasteiger partial charge in [-0.25, -0.2) is 17.6 Å². The first kappa shape index (κ1) is 23.5. The molecule has 0 aliphatic rings. The smallest absolute Gasteiger partial charge is 0.315 e. The number of nitrogens with zero attached hydrogens (tertiary/aromatic N) is 2. The van der Waals surface area contributed by atoms with Crippen LogP contribution in [0.2, 0.25) is 0 Å². The lowest BCUT2D eigenvalue weighted by Gasteiger charge is -2.02. The van der Waals surface area contributed by atoms with Gasteiger partial charge in [0.25, 0.3) is 0 Å². The van der Waals surface area contributed by atoms with Gasteiger partial charge in [0.2, 0.25) is 23.3 Å². The van der Waals surface area contributed by atoms with E-state index in [1.54, 1.807) is 0 Å². The Morgan fingerprint density at radius 1 is 0.710 bits per heavy atom. The van der Waals surface area contributed by atoms with Crippen molar-refractivity contribution < 1.29 is 40.9 Å². The zero-order chi connectivity index (χ0) is 23.3. The number of nitro benzene ring substituents is 2. The highest BCUT2D eigenvalue weighted by Crippen LogP contribution is 2.29. The SMILES string of the molecule is O=[N+]([O-])c1c(C=CCOCC=Cc2cc(F)c(F)c(F)c2[N+](=O)[O-])cc(F)c(F)c1F. The van der Waals surface area contributed by atoms with Gasteiger partial charge in [-0.1, -0.05) is 12.2 Å². The summed E-state index contributed by atoms with van der Waals surface area (Å²) in [4.78, 5) is 19.2. The van der Waals surface area contributed by atoms with Crippen LogP contribution in [-0.4, -0.2) is 23.1 Å². The van der Waals surface area contributed by atoms with Gasteiger partial charge < -0.3 is 4.74 Å². The number of benzene rings is 2. The van der Waals surface area contributed by atoms with Gasteiger partial charge >= 0.3 is 11.4 Å². The normalized spacial score (nSPS) is 11.5. The first-order valence-electron chi connectivity index (χ1n) is 8.10. The molecule has 0 radical (unpaired) electrons. The molecule has 164 valence electrons. The van der Waals surface area contributed by atoms with E-state index in [1.807, 2.05) is 0 Å². The third-order valence-corrected chi connectivity index (χ3v) is 3.72. The summed E-state index contributed by atoms with van der Waals surface area (Å²) in [6, 6.07) is 0.841. The first-order chi connectivity index (χ1) is 14.6. The minimum atomic E-state index is -1.99. The molecule has 13 heteroatoms. The van der Waals surface area contributed by atoms with Crippen molar-refractivity contribution in [1.29, 1.82) is 0 Å². The van der Waals surface area contributed by atoms with Crippen LogP contribution in [0.1, 0.15) is 11.1 Å². The summed E-state index contributed by atoms with van der Waals surface area (Å²) in [7, 11) is 0. The molecule has 0 N–H and O–H groups in total. The zero-order valence-electron chi connectivity index (χ0n) is 15.1. The summed E-state index contributed by atoms with van der Waals surface area (Å²) in [6.07, 6.45) is 4.02. The maximum atomic E-state index is 13.5. The maximum Gasteiger partial charge on any atom is 0.315 e. The number of hydrogen-bond acceptors (Lipinski definition) is 5. The van der Waals surface area contributed by atoms with Gasteiger partial charge in [-0.15, -0.1) is 0 Å². The standard InChI is InChI=1S/C18H10F6N2O5/c19-11-7-9(17(25(27)28)15(23)13(11)21)3-1-5-31-6-2-4-10-8-12(20)14(22)16(24)18(10)26(29)30/h1-4,7-8H,5-6H2. The highest BCUT2D eigenvalue weighted by molar-refractivity contribution is 5.62. The molecule has 0 aromatic heterocycles. The molecular formula is C18H10F6N2O5. The molecule has 0 spiro atoms. The number of nitro groups is 2.